The van der Waals surface area contributed by atoms with Gasteiger partial charge < -0.3 is 9.64 Å². The summed E-state index contributed by atoms with van der Waals surface area (Å²) in [7, 11) is 0. The molecule has 27 heavy (non-hydrogen) atoms. The fourth-order valence-corrected chi connectivity index (χ4v) is 4.28. The number of rotatable bonds is 4. The maximum Gasteiger partial charge on any atom is 0.338 e. The molecule has 0 aliphatic carbocycles. The molecule has 5 nitrogen and oxygen atoms in total. The highest BCUT2D eigenvalue weighted by Gasteiger charge is 2.40. The standard InChI is InChI=1S/C20H20FN3O2S/c1-3-26-20(25)16-15-10-12(2)11-24(15)18(19-22-8-9-27-19)23-17(16)13-4-6-14(21)7-5-13/h4-9,12,17H,3,10-11H2,1-2H3/t12-,17-/m0/s1. The van der Waals surface area contributed by atoms with E-state index in [9.17, 15) is 9.18 Å². The summed E-state index contributed by atoms with van der Waals surface area (Å²) in [5.74, 6) is 0.483. The highest BCUT2D eigenvalue weighted by Crippen LogP contribution is 2.42. The zero-order valence-corrected chi connectivity index (χ0v) is 16.0. The van der Waals surface area contributed by atoms with Gasteiger partial charge in [0.25, 0.3) is 0 Å². The molecule has 2 atom stereocenters. The van der Waals surface area contributed by atoms with Crippen molar-refractivity contribution >= 4 is 23.1 Å². The van der Waals surface area contributed by atoms with Crippen LogP contribution < -0.4 is 0 Å². The van der Waals surface area contributed by atoms with Crippen molar-refractivity contribution in [3.63, 3.8) is 0 Å². The van der Waals surface area contributed by atoms with Crippen molar-refractivity contribution in [2.45, 2.75) is 26.3 Å². The van der Waals surface area contributed by atoms with Crippen LogP contribution in [0.15, 0.2) is 52.1 Å². The van der Waals surface area contributed by atoms with E-state index < -0.39 is 6.04 Å². The number of aromatic nitrogens is 1. The Hall–Kier alpha value is -2.54. The maximum atomic E-state index is 13.4. The molecular formula is C20H20FN3O2S. The van der Waals surface area contributed by atoms with E-state index >= 15 is 0 Å². The number of ether oxygens (including phenoxy) is 1. The minimum absolute atomic E-state index is 0.296. The molecule has 0 radical (unpaired) electrons. The lowest BCUT2D eigenvalue weighted by atomic mass is 9.94. The lowest BCUT2D eigenvalue weighted by Crippen LogP contribution is -2.35. The molecule has 0 N–H and O–H groups in total. The summed E-state index contributed by atoms with van der Waals surface area (Å²) in [6.45, 7) is 5.02. The van der Waals surface area contributed by atoms with E-state index in [0.717, 1.165) is 35.1 Å². The number of carbonyl (C=O) groups excluding carboxylic acids is 1. The third-order valence-electron chi connectivity index (χ3n) is 4.76. The molecule has 1 aromatic carbocycles. The number of aliphatic imine (C=N–C) groups is 1. The van der Waals surface area contributed by atoms with Gasteiger partial charge in [0.15, 0.2) is 10.8 Å². The summed E-state index contributed by atoms with van der Waals surface area (Å²) in [6.07, 6.45) is 2.52. The molecule has 1 saturated heterocycles. The Bertz CT molecular complexity index is 906. The van der Waals surface area contributed by atoms with Crippen molar-refractivity contribution in [3.8, 4) is 0 Å². The molecule has 0 spiro atoms. The van der Waals surface area contributed by atoms with Crippen LogP contribution in [0.1, 0.15) is 36.9 Å². The van der Waals surface area contributed by atoms with E-state index in [2.05, 4.69) is 16.8 Å². The average molecular weight is 385 g/mol. The third kappa shape index (κ3) is 3.27. The van der Waals surface area contributed by atoms with Gasteiger partial charge in [0.1, 0.15) is 11.9 Å². The lowest BCUT2D eigenvalue weighted by molar-refractivity contribution is -0.139. The summed E-state index contributed by atoms with van der Waals surface area (Å²) in [5.41, 5.74) is 2.25. The van der Waals surface area contributed by atoms with Gasteiger partial charge in [-0.15, -0.1) is 11.3 Å². The molecule has 0 unspecified atom stereocenters. The maximum absolute atomic E-state index is 13.4. The minimum Gasteiger partial charge on any atom is -0.463 e. The molecule has 140 valence electrons. The number of esters is 1. The van der Waals surface area contributed by atoms with Crippen molar-refractivity contribution in [2.24, 2.45) is 10.9 Å². The molecule has 1 aromatic heterocycles. The summed E-state index contributed by atoms with van der Waals surface area (Å²) in [4.78, 5) is 24.2. The predicted molar refractivity (Wildman–Crippen MR) is 102 cm³/mol. The Morgan fingerprint density at radius 2 is 2.15 bits per heavy atom. The van der Waals surface area contributed by atoms with Crippen molar-refractivity contribution < 1.29 is 13.9 Å². The van der Waals surface area contributed by atoms with Gasteiger partial charge in [-0.1, -0.05) is 19.1 Å². The number of hydrogen-bond donors (Lipinski definition) is 0. The zero-order chi connectivity index (χ0) is 19.0. The second kappa shape index (κ2) is 7.23. The lowest BCUT2D eigenvalue weighted by Gasteiger charge is -2.31. The first-order valence-electron chi connectivity index (χ1n) is 8.99. The first-order chi connectivity index (χ1) is 13.1. The van der Waals surface area contributed by atoms with Gasteiger partial charge in [0, 0.05) is 23.8 Å². The van der Waals surface area contributed by atoms with Gasteiger partial charge in [-0.05, 0) is 37.0 Å². The van der Waals surface area contributed by atoms with Gasteiger partial charge >= 0.3 is 5.97 Å². The molecule has 2 aromatic rings. The van der Waals surface area contributed by atoms with Gasteiger partial charge in [0.2, 0.25) is 0 Å². The van der Waals surface area contributed by atoms with Gasteiger partial charge in [-0.25, -0.2) is 14.2 Å². The van der Waals surface area contributed by atoms with Crippen LogP contribution in [0.5, 0.6) is 0 Å². The van der Waals surface area contributed by atoms with Crippen LogP contribution in [-0.2, 0) is 9.53 Å². The first kappa shape index (κ1) is 17.9. The molecule has 2 aliphatic rings. The van der Waals surface area contributed by atoms with Crippen LogP contribution >= 0.6 is 11.3 Å². The second-order valence-electron chi connectivity index (χ2n) is 6.74. The van der Waals surface area contributed by atoms with Crippen molar-refractivity contribution in [1.82, 2.24) is 9.88 Å². The highest BCUT2D eigenvalue weighted by atomic mass is 32.1. The minimum atomic E-state index is -0.528. The molecule has 7 heteroatoms. The Balaban J connectivity index is 1.88. The Morgan fingerprint density at radius 1 is 1.37 bits per heavy atom. The Kier molecular flexibility index (Phi) is 4.78. The Morgan fingerprint density at radius 3 is 2.81 bits per heavy atom. The van der Waals surface area contributed by atoms with Gasteiger partial charge in [-0.3, -0.25) is 4.99 Å². The van der Waals surface area contributed by atoms with Crippen LogP contribution in [0, 0.1) is 11.7 Å². The largest absolute Gasteiger partial charge is 0.463 e. The van der Waals surface area contributed by atoms with Gasteiger partial charge in [0.05, 0.1) is 12.2 Å². The second-order valence-corrected chi connectivity index (χ2v) is 7.64. The number of hydrogen-bond acceptors (Lipinski definition) is 6. The molecule has 4 rings (SSSR count). The molecule has 0 bridgehead atoms. The van der Waals surface area contributed by atoms with Crippen LogP contribution in [0.3, 0.4) is 0 Å². The quantitative estimate of drug-likeness (QED) is 0.748. The Labute approximate surface area is 161 Å². The molecule has 2 aliphatic heterocycles. The topological polar surface area (TPSA) is 54.8 Å². The molecular weight excluding hydrogens is 365 g/mol. The SMILES string of the molecule is CCOC(=O)C1=C2C[C@H](C)CN2C(c2nccs2)=N[C@H]1c1ccc(F)cc1. The van der Waals surface area contributed by atoms with E-state index in [1.165, 1.54) is 23.5 Å². The van der Waals surface area contributed by atoms with Crippen molar-refractivity contribution in [2.75, 3.05) is 13.2 Å². The van der Waals surface area contributed by atoms with Crippen LogP contribution in [-0.4, -0.2) is 34.8 Å². The third-order valence-corrected chi connectivity index (χ3v) is 5.53. The van der Waals surface area contributed by atoms with E-state index in [0.29, 0.717) is 18.1 Å². The summed E-state index contributed by atoms with van der Waals surface area (Å²) < 4.78 is 18.8. The number of fused-ring (bicyclic) bond motifs is 1. The molecule has 0 amide bonds. The fraction of sp³-hybridized carbons (Fsp3) is 0.350. The number of nitrogens with zero attached hydrogens (tertiary/aromatic N) is 3. The number of benzene rings is 1. The van der Waals surface area contributed by atoms with E-state index in [4.69, 9.17) is 9.73 Å². The monoisotopic (exact) mass is 385 g/mol. The number of carbonyl (C=O) groups is 1. The number of amidine groups is 1. The molecule has 0 saturated carbocycles. The van der Waals surface area contributed by atoms with E-state index in [1.807, 2.05) is 5.38 Å². The van der Waals surface area contributed by atoms with Crippen molar-refractivity contribution in [3.05, 3.63) is 63.5 Å². The average Bonchev–Trinajstić information content (AvgIpc) is 3.30. The highest BCUT2D eigenvalue weighted by molar-refractivity contribution is 7.11. The molecule has 1 fully saturated rings. The normalized spacial score (nSPS) is 21.9. The summed E-state index contributed by atoms with van der Waals surface area (Å²) >= 11 is 1.52. The predicted octanol–water partition coefficient (Wildman–Crippen LogP) is 3.94. The van der Waals surface area contributed by atoms with Crippen LogP contribution in [0.25, 0.3) is 0 Å². The zero-order valence-electron chi connectivity index (χ0n) is 15.2. The summed E-state index contributed by atoms with van der Waals surface area (Å²) in [6, 6.07) is 5.61. The van der Waals surface area contributed by atoms with E-state index in [-0.39, 0.29) is 11.8 Å². The van der Waals surface area contributed by atoms with E-state index in [1.54, 1.807) is 25.3 Å². The van der Waals surface area contributed by atoms with Crippen molar-refractivity contribution in [1.29, 1.82) is 0 Å². The number of allylic oxidation sites excluding steroid dienone is 1. The van der Waals surface area contributed by atoms with Crippen LogP contribution in [0.4, 0.5) is 4.39 Å². The van der Waals surface area contributed by atoms with Gasteiger partial charge in [-0.2, -0.15) is 0 Å². The summed E-state index contributed by atoms with van der Waals surface area (Å²) in [5, 5.41) is 2.73. The first-order valence-corrected chi connectivity index (χ1v) is 9.87. The molecule has 3 heterocycles. The fourth-order valence-electron chi connectivity index (χ4n) is 3.64. The number of thiazole rings is 1. The smallest absolute Gasteiger partial charge is 0.338 e. The van der Waals surface area contributed by atoms with Crippen LogP contribution in [0.2, 0.25) is 0 Å². The number of halogens is 1.